The molecule has 0 saturated carbocycles. The molecule has 0 N–H and O–H groups in total. The molecule has 134 valence electrons. The van der Waals surface area contributed by atoms with E-state index in [1.165, 1.54) is 0 Å². The molecule has 6 nitrogen and oxygen atoms in total. The fraction of sp³-hybridized carbons (Fsp3) is 0.562. The van der Waals surface area contributed by atoms with Crippen LogP contribution in [0.5, 0.6) is 0 Å². The summed E-state index contributed by atoms with van der Waals surface area (Å²) in [7, 11) is 0. The maximum Gasteiger partial charge on any atom is 0.433 e. The number of piperidine rings is 1. The van der Waals surface area contributed by atoms with Gasteiger partial charge in [0.25, 0.3) is 0 Å². The standard InChI is InChI=1S/C16H18F3N5O/c1-9-13(10(2)25-22-9)7-24-11-3-12(24)6-23(5-11)15-4-14(16(17,18)19)20-8-21-15/h4,8,11-12H,3,5-7H2,1-2H3. The Morgan fingerprint density at radius 3 is 2.52 bits per heavy atom. The number of anilines is 1. The third-order valence-electron chi connectivity index (χ3n) is 5.13. The van der Waals surface area contributed by atoms with Gasteiger partial charge < -0.3 is 9.42 Å². The molecule has 9 heteroatoms. The van der Waals surface area contributed by atoms with Crippen molar-refractivity contribution in [2.75, 3.05) is 18.0 Å². The molecule has 3 fully saturated rings. The van der Waals surface area contributed by atoms with Crippen LogP contribution in [0, 0.1) is 13.8 Å². The molecule has 5 heterocycles. The number of rotatable bonds is 3. The van der Waals surface area contributed by atoms with E-state index in [4.69, 9.17) is 4.52 Å². The molecule has 2 unspecified atom stereocenters. The molecule has 3 aliphatic rings. The Bertz CT molecular complexity index is 759. The minimum absolute atomic E-state index is 0.303. The van der Waals surface area contributed by atoms with Crippen molar-refractivity contribution in [3.63, 3.8) is 0 Å². The predicted octanol–water partition coefficient (Wildman–Crippen LogP) is 2.56. The molecule has 3 aliphatic heterocycles. The van der Waals surface area contributed by atoms with Gasteiger partial charge in [0, 0.05) is 43.3 Å². The first-order valence-electron chi connectivity index (χ1n) is 8.14. The van der Waals surface area contributed by atoms with Crippen molar-refractivity contribution in [2.24, 2.45) is 0 Å². The van der Waals surface area contributed by atoms with Crippen LogP contribution in [0.15, 0.2) is 16.9 Å². The van der Waals surface area contributed by atoms with E-state index < -0.39 is 11.9 Å². The lowest BCUT2D eigenvalue weighted by molar-refractivity contribution is -0.141. The van der Waals surface area contributed by atoms with Crippen LogP contribution < -0.4 is 4.90 Å². The molecule has 2 aromatic rings. The van der Waals surface area contributed by atoms with E-state index in [1.807, 2.05) is 18.7 Å². The number of hydrogen-bond acceptors (Lipinski definition) is 6. The Kier molecular flexibility index (Phi) is 3.71. The highest BCUT2D eigenvalue weighted by Gasteiger charge is 2.45. The van der Waals surface area contributed by atoms with E-state index in [2.05, 4.69) is 20.0 Å². The second-order valence-electron chi connectivity index (χ2n) is 6.68. The largest absolute Gasteiger partial charge is 0.433 e. The van der Waals surface area contributed by atoms with Crippen molar-refractivity contribution in [3.05, 3.63) is 35.1 Å². The number of nitrogens with zero attached hydrogens (tertiary/aromatic N) is 5. The molecule has 3 saturated heterocycles. The van der Waals surface area contributed by atoms with E-state index in [-0.39, 0.29) is 0 Å². The second kappa shape index (κ2) is 5.69. The molecule has 25 heavy (non-hydrogen) atoms. The van der Waals surface area contributed by atoms with Crippen LogP contribution in [-0.2, 0) is 12.7 Å². The lowest BCUT2D eigenvalue weighted by Crippen LogP contribution is -2.68. The molecule has 2 atom stereocenters. The van der Waals surface area contributed by atoms with Crippen LogP contribution in [0.1, 0.15) is 29.1 Å². The average Bonchev–Trinajstić information content (AvgIpc) is 2.90. The Hall–Kier alpha value is -2.16. The second-order valence-corrected chi connectivity index (χ2v) is 6.68. The van der Waals surface area contributed by atoms with Gasteiger partial charge in [0.15, 0.2) is 0 Å². The quantitative estimate of drug-likeness (QED) is 0.845. The summed E-state index contributed by atoms with van der Waals surface area (Å²) < 4.78 is 43.7. The van der Waals surface area contributed by atoms with Gasteiger partial charge in [-0.05, 0) is 20.3 Å². The Morgan fingerprint density at radius 1 is 1.20 bits per heavy atom. The molecule has 5 rings (SSSR count). The number of aromatic nitrogens is 3. The SMILES string of the molecule is Cc1noc(C)c1CN1C2CC1CN(c1cc(C(F)(F)F)ncn1)C2. The minimum Gasteiger partial charge on any atom is -0.361 e. The van der Waals surface area contributed by atoms with Gasteiger partial charge in [0.1, 0.15) is 23.6 Å². The minimum atomic E-state index is -4.45. The normalized spacial score (nSPS) is 23.6. The Balaban J connectivity index is 1.47. The highest BCUT2D eigenvalue weighted by Crippen LogP contribution is 2.37. The van der Waals surface area contributed by atoms with E-state index in [0.29, 0.717) is 31.0 Å². The molecule has 0 aliphatic carbocycles. The fourth-order valence-electron chi connectivity index (χ4n) is 3.72. The third kappa shape index (κ3) is 2.86. The van der Waals surface area contributed by atoms with Crippen LogP contribution in [-0.4, -0.2) is 45.2 Å². The maximum absolute atomic E-state index is 12.8. The van der Waals surface area contributed by atoms with Crippen molar-refractivity contribution >= 4 is 5.82 Å². The number of fused-ring (bicyclic) bond motifs is 2. The van der Waals surface area contributed by atoms with Crippen LogP contribution >= 0.6 is 0 Å². The predicted molar refractivity (Wildman–Crippen MR) is 83.0 cm³/mol. The molecular weight excluding hydrogens is 335 g/mol. The number of piperazine rings is 1. The number of halogens is 3. The van der Waals surface area contributed by atoms with Crippen molar-refractivity contribution < 1.29 is 17.7 Å². The van der Waals surface area contributed by atoms with Gasteiger partial charge in [-0.15, -0.1) is 0 Å². The zero-order chi connectivity index (χ0) is 17.8. The van der Waals surface area contributed by atoms with Gasteiger partial charge in [-0.3, -0.25) is 4.90 Å². The van der Waals surface area contributed by atoms with Crippen LogP contribution in [0.3, 0.4) is 0 Å². The van der Waals surface area contributed by atoms with Crippen molar-refractivity contribution in [3.8, 4) is 0 Å². The third-order valence-corrected chi connectivity index (χ3v) is 5.13. The summed E-state index contributed by atoms with van der Waals surface area (Å²) in [5, 5.41) is 3.98. The Morgan fingerprint density at radius 2 is 1.92 bits per heavy atom. The fourth-order valence-corrected chi connectivity index (χ4v) is 3.72. The van der Waals surface area contributed by atoms with Gasteiger partial charge in [-0.1, -0.05) is 5.16 Å². The molecular formula is C16H18F3N5O. The first-order chi connectivity index (χ1) is 11.8. The average molecular weight is 353 g/mol. The first-order valence-corrected chi connectivity index (χ1v) is 8.14. The van der Waals surface area contributed by atoms with Crippen LogP contribution in [0.25, 0.3) is 0 Å². The molecule has 0 amide bonds. The summed E-state index contributed by atoms with van der Waals surface area (Å²) in [6, 6.07) is 1.64. The molecule has 0 radical (unpaired) electrons. The van der Waals surface area contributed by atoms with Gasteiger partial charge in [0.2, 0.25) is 0 Å². The van der Waals surface area contributed by atoms with E-state index >= 15 is 0 Å². The molecule has 0 aromatic carbocycles. The summed E-state index contributed by atoms with van der Waals surface area (Å²) in [6.07, 6.45) is -2.41. The van der Waals surface area contributed by atoms with E-state index in [1.54, 1.807) is 0 Å². The first kappa shape index (κ1) is 16.3. The summed E-state index contributed by atoms with van der Waals surface area (Å²) in [6.45, 7) is 5.91. The molecule has 2 bridgehead atoms. The van der Waals surface area contributed by atoms with Crippen LogP contribution in [0.2, 0.25) is 0 Å². The summed E-state index contributed by atoms with van der Waals surface area (Å²) in [5.41, 5.74) is 1.10. The summed E-state index contributed by atoms with van der Waals surface area (Å²) >= 11 is 0. The van der Waals surface area contributed by atoms with Gasteiger partial charge >= 0.3 is 6.18 Å². The summed E-state index contributed by atoms with van der Waals surface area (Å²) in [4.78, 5) is 11.6. The Labute approximate surface area is 142 Å². The topological polar surface area (TPSA) is 58.3 Å². The van der Waals surface area contributed by atoms with Gasteiger partial charge in [-0.25, -0.2) is 9.97 Å². The smallest absolute Gasteiger partial charge is 0.361 e. The van der Waals surface area contributed by atoms with E-state index in [9.17, 15) is 13.2 Å². The van der Waals surface area contributed by atoms with E-state index in [0.717, 1.165) is 42.4 Å². The lowest BCUT2D eigenvalue weighted by atomic mass is 9.86. The van der Waals surface area contributed by atoms with Crippen molar-refractivity contribution in [1.82, 2.24) is 20.0 Å². The maximum atomic E-state index is 12.8. The number of aryl methyl sites for hydroxylation is 2. The van der Waals surface area contributed by atoms with Gasteiger partial charge in [-0.2, -0.15) is 13.2 Å². The monoisotopic (exact) mass is 353 g/mol. The van der Waals surface area contributed by atoms with Gasteiger partial charge in [0.05, 0.1) is 5.69 Å². The van der Waals surface area contributed by atoms with Crippen molar-refractivity contribution in [2.45, 2.75) is 45.1 Å². The molecule has 0 spiro atoms. The van der Waals surface area contributed by atoms with Crippen LogP contribution in [0.4, 0.5) is 19.0 Å². The number of hydrogen-bond donors (Lipinski definition) is 0. The lowest BCUT2D eigenvalue weighted by Gasteiger charge is -2.56. The molecule has 2 aromatic heterocycles. The highest BCUT2D eigenvalue weighted by molar-refractivity contribution is 5.42. The zero-order valence-electron chi connectivity index (χ0n) is 13.9. The summed E-state index contributed by atoms with van der Waals surface area (Å²) in [5.74, 6) is 1.17. The number of alkyl halides is 3. The zero-order valence-corrected chi connectivity index (χ0v) is 13.9. The highest BCUT2D eigenvalue weighted by atomic mass is 19.4. The van der Waals surface area contributed by atoms with Crippen molar-refractivity contribution in [1.29, 1.82) is 0 Å².